The molecule has 0 radical (unpaired) electrons. The number of hydrogen-bond acceptors (Lipinski definition) is 2. The Morgan fingerprint density at radius 2 is 1.92 bits per heavy atom. The van der Waals surface area contributed by atoms with Crippen LogP contribution >= 0.6 is 0 Å². The Labute approximate surface area is 80.3 Å². The van der Waals surface area contributed by atoms with E-state index in [4.69, 9.17) is 5.73 Å². The molecule has 74 valence electrons. The lowest BCUT2D eigenvalue weighted by Gasteiger charge is -2.44. The zero-order valence-corrected chi connectivity index (χ0v) is 8.21. The maximum atomic E-state index is 6.27. The van der Waals surface area contributed by atoms with E-state index in [1.165, 1.54) is 38.5 Å². The van der Waals surface area contributed by atoms with Crippen LogP contribution in [0.1, 0.15) is 38.5 Å². The highest BCUT2D eigenvalue weighted by Gasteiger charge is 2.44. The van der Waals surface area contributed by atoms with Crippen molar-refractivity contribution >= 4 is 0 Å². The SMILES string of the molecule is NC1CC2CCC(N2)C1C1CCC1. The summed E-state index contributed by atoms with van der Waals surface area (Å²) >= 11 is 0. The Bertz CT molecular complexity index is 200. The van der Waals surface area contributed by atoms with Gasteiger partial charge in [0.2, 0.25) is 0 Å². The lowest BCUT2D eigenvalue weighted by atomic mass is 9.68. The summed E-state index contributed by atoms with van der Waals surface area (Å²) in [5, 5.41) is 3.74. The van der Waals surface area contributed by atoms with Crippen LogP contribution in [0, 0.1) is 11.8 Å². The molecule has 0 aromatic carbocycles. The fourth-order valence-corrected chi connectivity index (χ4v) is 3.63. The molecule has 1 aliphatic carbocycles. The van der Waals surface area contributed by atoms with E-state index in [0.717, 1.165) is 23.9 Å². The van der Waals surface area contributed by atoms with Gasteiger partial charge in [-0.2, -0.15) is 0 Å². The van der Waals surface area contributed by atoms with E-state index < -0.39 is 0 Å². The zero-order valence-electron chi connectivity index (χ0n) is 8.21. The minimum Gasteiger partial charge on any atom is -0.327 e. The normalized spacial score (nSPS) is 50.5. The standard InChI is InChI=1S/C11H20N2/c12-9-6-8-4-5-10(13-8)11(9)7-2-1-3-7/h7-11,13H,1-6,12H2. The Balaban J connectivity index is 1.76. The zero-order chi connectivity index (χ0) is 8.84. The minimum absolute atomic E-state index is 0.504. The predicted molar refractivity (Wildman–Crippen MR) is 53.4 cm³/mol. The summed E-state index contributed by atoms with van der Waals surface area (Å²) in [5.74, 6) is 1.78. The first kappa shape index (κ1) is 8.25. The van der Waals surface area contributed by atoms with E-state index in [2.05, 4.69) is 5.32 Å². The van der Waals surface area contributed by atoms with E-state index in [1.807, 2.05) is 0 Å². The molecule has 0 amide bonds. The largest absolute Gasteiger partial charge is 0.327 e. The molecule has 3 fully saturated rings. The average molecular weight is 180 g/mol. The molecule has 3 aliphatic rings. The quantitative estimate of drug-likeness (QED) is 0.637. The van der Waals surface area contributed by atoms with Gasteiger partial charge in [0.15, 0.2) is 0 Å². The topological polar surface area (TPSA) is 38.0 Å². The number of hydrogen-bond donors (Lipinski definition) is 2. The maximum absolute atomic E-state index is 6.27. The van der Waals surface area contributed by atoms with Crippen molar-refractivity contribution in [3.8, 4) is 0 Å². The van der Waals surface area contributed by atoms with Crippen molar-refractivity contribution in [2.24, 2.45) is 17.6 Å². The second kappa shape index (κ2) is 2.96. The highest BCUT2D eigenvalue weighted by Crippen LogP contribution is 2.42. The molecule has 2 aliphatic heterocycles. The fraction of sp³-hybridized carbons (Fsp3) is 1.00. The van der Waals surface area contributed by atoms with Crippen molar-refractivity contribution in [3.05, 3.63) is 0 Å². The molecule has 2 nitrogen and oxygen atoms in total. The van der Waals surface area contributed by atoms with Gasteiger partial charge in [-0.3, -0.25) is 0 Å². The molecule has 2 bridgehead atoms. The molecule has 2 saturated heterocycles. The molecule has 4 unspecified atom stereocenters. The van der Waals surface area contributed by atoms with Crippen molar-refractivity contribution in [2.45, 2.75) is 56.7 Å². The van der Waals surface area contributed by atoms with Crippen LogP contribution in [-0.4, -0.2) is 18.1 Å². The second-order valence-electron chi connectivity index (χ2n) is 5.22. The fourth-order valence-electron chi connectivity index (χ4n) is 3.63. The van der Waals surface area contributed by atoms with Gasteiger partial charge in [0, 0.05) is 18.1 Å². The van der Waals surface area contributed by atoms with Crippen LogP contribution in [0.25, 0.3) is 0 Å². The van der Waals surface area contributed by atoms with Crippen LogP contribution in [-0.2, 0) is 0 Å². The van der Waals surface area contributed by atoms with E-state index in [1.54, 1.807) is 0 Å². The predicted octanol–water partition coefficient (Wildman–Crippen LogP) is 1.25. The summed E-state index contributed by atoms with van der Waals surface area (Å²) in [7, 11) is 0. The molecular weight excluding hydrogens is 160 g/mol. The molecule has 2 heteroatoms. The summed E-state index contributed by atoms with van der Waals surface area (Å²) < 4.78 is 0. The number of nitrogens with one attached hydrogen (secondary N) is 1. The van der Waals surface area contributed by atoms with Crippen LogP contribution in [0.3, 0.4) is 0 Å². The number of piperidine rings is 1. The van der Waals surface area contributed by atoms with Gasteiger partial charge in [-0.15, -0.1) is 0 Å². The third-order valence-corrected chi connectivity index (χ3v) is 4.49. The Hall–Kier alpha value is -0.0800. The lowest BCUT2D eigenvalue weighted by molar-refractivity contribution is 0.115. The molecule has 0 aromatic heterocycles. The van der Waals surface area contributed by atoms with E-state index in [-0.39, 0.29) is 0 Å². The van der Waals surface area contributed by atoms with Gasteiger partial charge in [-0.25, -0.2) is 0 Å². The Morgan fingerprint density at radius 3 is 2.62 bits per heavy atom. The van der Waals surface area contributed by atoms with Crippen molar-refractivity contribution in [1.29, 1.82) is 0 Å². The summed E-state index contributed by atoms with van der Waals surface area (Å²) in [4.78, 5) is 0. The third kappa shape index (κ3) is 1.23. The lowest BCUT2D eigenvalue weighted by Crippen LogP contribution is -2.55. The smallest absolute Gasteiger partial charge is 0.0116 e. The van der Waals surface area contributed by atoms with Gasteiger partial charge in [0.1, 0.15) is 0 Å². The summed E-state index contributed by atoms with van der Waals surface area (Å²) in [5.41, 5.74) is 6.27. The highest BCUT2D eigenvalue weighted by molar-refractivity contribution is 5.02. The first-order chi connectivity index (χ1) is 6.34. The molecular formula is C11H20N2. The Morgan fingerprint density at radius 1 is 1.08 bits per heavy atom. The number of nitrogens with two attached hydrogens (primary N) is 1. The van der Waals surface area contributed by atoms with Crippen LogP contribution < -0.4 is 11.1 Å². The molecule has 2 heterocycles. The van der Waals surface area contributed by atoms with Gasteiger partial charge in [-0.05, 0) is 31.1 Å². The van der Waals surface area contributed by atoms with Gasteiger partial charge < -0.3 is 11.1 Å². The molecule has 13 heavy (non-hydrogen) atoms. The Kier molecular flexibility index (Phi) is 1.88. The van der Waals surface area contributed by atoms with E-state index in [9.17, 15) is 0 Å². The summed E-state index contributed by atoms with van der Waals surface area (Å²) in [6, 6.07) is 2.04. The van der Waals surface area contributed by atoms with Crippen LogP contribution in [0.15, 0.2) is 0 Å². The van der Waals surface area contributed by atoms with Gasteiger partial charge in [0.25, 0.3) is 0 Å². The van der Waals surface area contributed by atoms with Gasteiger partial charge in [0.05, 0.1) is 0 Å². The van der Waals surface area contributed by atoms with Crippen molar-refractivity contribution in [1.82, 2.24) is 5.32 Å². The van der Waals surface area contributed by atoms with Crippen molar-refractivity contribution in [2.75, 3.05) is 0 Å². The van der Waals surface area contributed by atoms with Crippen molar-refractivity contribution < 1.29 is 0 Å². The first-order valence-corrected chi connectivity index (χ1v) is 5.86. The third-order valence-electron chi connectivity index (χ3n) is 4.49. The monoisotopic (exact) mass is 180 g/mol. The first-order valence-electron chi connectivity index (χ1n) is 5.86. The van der Waals surface area contributed by atoms with Crippen LogP contribution in [0.5, 0.6) is 0 Å². The second-order valence-corrected chi connectivity index (χ2v) is 5.22. The van der Waals surface area contributed by atoms with Crippen LogP contribution in [0.2, 0.25) is 0 Å². The van der Waals surface area contributed by atoms with E-state index in [0.29, 0.717) is 6.04 Å². The molecule has 0 aromatic rings. The van der Waals surface area contributed by atoms with Gasteiger partial charge >= 0.3 is 0 Å². The molecule has 1 saturated carbocycles. The number of fused-ring (bicyclic) bond motifs is 2. The van der Waals surface area contributed by atoms with Crippen molar-refractivity contribution in [3.63, 3.8) is 0 Å². The minimum atomic E-state index is 0.504. The number of rotatable bonds is 1. The molecule has 4 atom stereocenters. The van der Waals surface area contributed by atoms with Gasteiger partial charge in [-0.1, -0.05) is 19.3 Å². The highest BCUT2D eigenvalue weighted by atomic mass is 15.0. The summed E-state index contributed by atoms with van der Waals surface area (Å²) in [6.07, 6.45) is 8.34. The molecule has 3 N–H and O–H groups in total. The van der Waals surface area contributed by atoms with E-state index >= 15 is 0 Å². The molecule has 0 spiro atoms. The average Bonchev–Trinajstić information content (AvgIpc) is 2.38. The summed E-state index contributed by atoms with van der Waals surface area (Å²) in [6.45, 7) is 0. The molecule has 3 rings (SSSR count). The van der Waals surface area contributed by atoms with Crippen LogP contribution in [0.4, 0.5) is 0 Å². The maximum Gasteiger partial charge on any atom is 0.0116 e.